The topological polar surface area (TPSA) is 345 Å². The predicted molar refractivity (Wildman–Crippen MR) is 213 cm³/mol. The van der Waals surface area contributed by atoms with Gasteiger partial charge in [-0.2, -0.15) is 0 Å². The van der Waals surface area contributed by atoms with Gasteiger partial charge in [0, 0.05) is 19.5 Å². The van der Waals surface area contributed by atoms with Crippen molar-refractivity contribution in [2.45, 2.75) is 141 Å². The monoisotopic (exact) mass is 820 g/mol. The van der Waals surface area contributed by atoms with Gasteiger partial charge in [0.1, 0.15) is 36.5 Å². The van der Waals surface area contributed by atoms with E-state index in [1.165, 1.54) is 4.90 Å². The molecular formula is C37H64N12O9. The Morgan fingerprint density at radius 2 is 1.33 bits per heavy atom. The largest absolute Gasteiger partial charge is 0.370 e. The number of hydrogen-bond donors (Lipinski definition) is 10. The molecule has 2 rings (SSSR count). The summed E-state index contributed by atoms with van der Waals surface area (Å²) in [6.45, 7) is 8.02. The summed E-state index contributed by atoms with van der Waals surface area (Å²) in [6.07, 6.45) is 3.16. The number of primary amides is 2. The minimum atomic E-state index is -1.57. The number of aldehydes is 1. The van der Waals surface area contributed by atoms with Crippen molar-refractivity contribution in [1.82, 2.24) is 36.8 Å². The molecule has 8 amide bonds. The minimum Gasteiger partial charge on any atom is -0.370 e. The van der Waals surface area contributed by atoms with Gasteiger partial charge >= 0.3 is 0 Å². The molecule has 0 aliphatic carbocycles. The van der Waals surface area contributed by atoms with Crippen molar-refractivity contribution in [2.75, 3.05) is 19.6 Å². The summed E-state index contributed by atoms with van der Waals surface area (Å²) in [5.41, 5.74) is 21.6. The van der Waals surface area contributed by atoms with Crippen molar-refractivity contribution in [3.63, 3.8) is 0 Å². The van der Waals surface area contributed by atoms with Crippen LogP contribution in [0.3, 0.4) is 0 Å². The third-order valence-corrected chi connectivity index (χ3v) is 10.6. The third kappa shape index (κ3) is 15.5. The number of nitrogens with two attached hydrogens (primary N) is 4. The number of amides is 8. The van der Waals surface area contributed by atoms with Gasteiger partial charge in [-0.15, -0.1) is 0 Å². The van der Waals surface area contributed by atoms with Crippen molar-refractivity contribution in [1.29, 1.82) is 0 Å². The van der Waals surface area contributed by atoms with Crippen LogP contribution in [0.1, 0.15) is 98.3 Å². The summed E-state index contributed by atoms with van der Waals surface area (Å²) < 4.78 is 0. The number of hydrogen-bond acceptors (Lipinski definition) is 11. The molecule has 0 aromatic heterocycles. The Morgan fingerprint density at radius 3 is 1.86 bits per heavy atom. The van der Waals surface area contributed by atoms with Gasteiger partial charge in [-0.05, 0) is 63.3 Å². The van der Waals surface area contributed by atoms with Crippen molar-refractivity contribution in [2.24, 2.45) is 39.8 Å². The number of rotatable bonds is 25. The van der Waals surface area contributed by atoms with Crippen molar-refractivity contribution in [3.05, 3.63) is 0 Å². The number of likely N-dealkylation sites (tertiary alicyclic amines) is 1. The summed E-state index contributed by atoms with van der Waals surface area (Å²) in [5.74, 6) is -6.99. The molecule has 14 N–H and O–H groups in total. The Bertz CT molecular complexity index is 1500. The summed E-state index contributed by atoms with van der Waals surface area (Å²) in [5, 5.41) is 16.2. The highest BCUT2D eigenvalue weighted by Gasteiger charge is 2.38. The maximum Gasteiger partial charge on any atom is 0.245 e. The maximum absolute atomic E-state index is 14.0. The zero-order valence-corrected chi connectivity index (χ0v) is 34.1. The molecule has 21 nitrogen and oxygen atoms in total. The average molecular weight is 821 g/mol. The number of carbonyl (C=O) groups excluding carboxylic acids is 9. The van der Waals surface area contributed by atoms with E-state index in [9.17, 15) is 43.2 Å². The van der Waals surface area contributed by atoms with Gasteiger partial charge in [0.2, 0.25) is 47.3 Å². The molecule has 21 heteroatoms. The molecule has 9 atom stereocenters. The Morgan fingerprint density at radius 1 is 0.741 bits per heavy atom. The molecule has 2 aliphatic heterocycles. The lowest BCUT2D eigenvalue weighted by atomic mass is 9.94. The molecular weight excluding hydrogens is 756 g/mol. The van der Waals surface area contributed by atoms with Gasteiger partial charge in [0.25, 0.3) is 0 Å². The molecule has 0 aromatic rings. The van der Waals surface area contributed by atoms with E-state index in [1.54, 1.807) is 27.7 Å². The molecule has 0 bridgehead atoms. The highest BCUT2D eigenvalue weighted by molar-refractivity contribution is 5.98. The number of nitrogens with zero attached hydrogens (tertiary/aromatic N) is 2. The van der Waals surface area contributed by atoms with Gasteiger partial charge in [-0.25, -0.2) is 0 Å². The number of aliphatic imine (C=N–C) groups is 1. The Hall–Kier alpha value is -5.34. The number of guanidine groups is 1. The van der Waals surface area contributed by atoms with Gasteiger partial charge in [0.15, 0.2) is 5.96 Å². The first-order chi connectivity index (χ1) is 27.4. The smallest absolute Gasteiger partial charge is 0.245 e. The molecule has 0 spiro atoms. The quantitative estimate of drug-likeness (QED) is 0.0187. The van der Waals surface area contributed by atoms with Crippen molar-refractivity contribution in [3.8, 4) is 0 Å². The maximum atomic E-state index is 14.0. The van der Waals surface area contributed by atoms with Crippen LogP contribution in [-0.2, 0) is 43.2 Å². The standard InChI is InChI=1S/C37H64N12O9/c1-5-20(3)29(48-35(57)30(21(4)6-2)47-32(54)24(13-14-27(38)51)44-31(53)23-11-7-15-42-23)34(56)46-26(18-28(39)52)33(55)45-25(12-8-16-43-37(40)41)36(58)49-17-9-10-22(49)19-50/h19-26,29-30,42H,5-18H2,1-4H3,(H2,38,51)(H2,39,52)(H,44,53)(H,45,55)(H,46,56)(H,47,54)(H,48,57)(H4,40,41,43)/t20-,21-,22-,23-,24-,25-,26-,29-,30-/m0/s1. The van der Waals surface area contributed by atoms with Crippen LogP contribution in [0.15, 0.2) is 4.99 Å². The van der Waals surface area contributed by atoms with Gasteiger partial charge < -0.3 is 64.5 Å². The zero-order valence-electron chi connectivity index (χ0n) is 34.1. The molecule has 0 saturated carbocycles. The number of carbonyl (C=O) groups is 9. The summed E-state index contributed by atoms with van der Waals surface area (Å²) in [7, 11) is 0. The third-order valence-electron chi connectivity index (χ3n) is 10.6. The van der Waals surface area contributed by atoms with Crippen molar-refractivity contribution < 1.29 is 43.2 Å². The van der Waals surface area contributed by atoms with E-state index >= 15 is 0 Å². The SMILES string of the molecule is CC[C@H](C)[C@H](NC(=O)[C@H](CCC(N)=O)NC(=O)[C@@H]1CCCN1)C(=O)N[C@H](C(=O)N[C@@H](CC(N)=O)C(=O)N[C@@H](CCCN=C(N)N)C(=O)N1CCC[C@H]1C=O)[C@@H](C)CC. The molecule has 2 aliphatic rings. The lowest BCUT2D eigenvalue weighted by Crippen LogP contribution is -2.62. The second-order valence-corrected chi connectivity index (χ2v) is 15.1. The minimum absolute atomic E-state index is 0.0550. The lowest BCUT2D eigenvalue weighted by Gasteiger charge is -2.31. The number of nitrogens with one attached hydrogen (secondary N) is 6. The van der Waals surface area contributed by atoms with E-state index in [1.807, 2.05) is 0 Å². The summed E-state index contributed by atoms with van der Waals surface area (Å²) in [6, 6.07) is -7.62. The molecule has 2 fully saturated rings. The highest BCUT2D eigenvalue weighted by atomic mass is 16.2. The molecule has 326 valence electrons. The summed E-state index contributed by atoms with van der Waals surface area (Å²) in [4.78, 5) is 123. The molecule has 58 heavy (non-hydrogen) atoms. The van der Waals surface area contributed by atoms with Crippen LogP contribution < -0.4 is 54.8 Å². The van der Waals surface area contributed by atoms with Crippen LogP contribution in [0.4, 0.5) is 0 Å². The Balaban J connectivity index is 2.32. The van der Waals surface area contributed by atoms with Crippen LogP contribution in [-0.4, -0.2) is 126 Å². The van der Waals surface area contributed by atoms with Crippen LogP contribution in [0.2, 0.25) is 0 Å². The van der Waals surface area contributed by atoms with Gasteiger partial charge in [-0.3, -0.25) is 43.3 Å². The first-order valence-electron chi connectivity index (χ1n) is 20.1. The van der Waals surface area contributed by atoms with Gasteiger partial charge in [0.05, 0.1) is 18.5 Å². The Kier molecular flexibility index (Phi) is 20.6. The fourth-order valence-electron chi connectivity index (χ4n) is 6.75. The van der Waals surface area contributed by atoms with E-state index in [0.717, 1.165) is 6.42 Å². The van der Waals surface area contributed by atoms with Gasteiger partial charge in [-0.1, -0.05) is 40.5 Å². The van der Waals surface area contributed by atoms with E-state index < -0.39 is 108 Å². The fraction of sp³-hybridized carbons (Fsp3) is 0.730. The molecule has 0 radical (unpaired) electrons. The van der Waals surface area contributed by atoms with Crippen LogP contribution in [0.25, 0.3) is 0 Å². The van der Waals surface area contributed by atoms with Crippen LogP contribution >= 0.6 is 0 Å². The Labute approximate surface area is 339 Å². The van der Waals surface area contributed by atoms with E-state index in [-0.39, 0.29) is 38.2 Å². The average Bonchev–Trinajstić information content (AvgIpc) is 3.90. The normalized spacial score (nSPS) is 19.8. The predicted octanol–water partition coefficient (Wildman–Crippen LogP) is -3.36. The van der Waals surface area contributed by atoms with Crippen LogP contribution in [0, 0.1) is 11.8 Å². The second kappa shape index (κ2) is 24.4. The van der Waals surface area contributed by atoms with Crippen molar-refractivity contribution >= 4 is 59.5 Å². The van der Waals surface area contributed by atoms with E-state index in [2.05, 4.69) is 36.9 Å². The van der Waals surface area contributed by atoms with E-state index in [0.29, 0.717) is 51.5 Å². The van der Waals surface area contributed by atoms with Crippen LogP contribution in [0.5, 0.6) is 0 Å². The van der Waals surface area contributed by atoms with E-state index in [4.69, 9.17) is 22.9 Å². The molecule has 2 saturated heterocycles. The first kappa shape index (κ1) is 48.8. The summed E-state index contributed by atoms with van der Waals surface area (Å²) >= 11 is 0. The molecule has 2 heterocycles. The first-order valence-corrected chi connectivity index (χ1v) is 20.1. The fourth-order valence-corrected chi connectivity index (χ4v) is 6.75. The zero-order chi connectivity index (χ0) is 43.5. The highest BCUT2D eigenvalue weighted by Crippen LogP contribution is 2.19. The molecule has 0 aromatic carbocycles. The molecule has 0 unspecified atom stereocenters. The second-order valence-electron chi connectivity index (χ2n) is 15.1. The lowest BCUT2D eigenvalue weighted by molar-refractivity contribution is -0.140.